The number of benzene rings is 1. The zero-order chi connectivity index (χ0) is 17.6. The lowest BCUT2D eigenvalue weighted by Gasteiger charge is -2.22. The summed E-state index contributed by atoms with van der Waals surface area (Å²) in [6.45, 7) is 5.46. The number of aryl methyl sites for hydroxylation is 1. The Balaban J connectivity index is 1.38. The summed E-state index contributed by atoms with van der Waals surface area (Å²) in [7, 11) is 0. The molecule has 1 heterocycles. The first-order chi connectivity index (χ1) is 12.1. The second-order valence-electron chi connectivity index (χ2n) is 7.05. The lowest BCUT2D eigenvalue weighted by atomic mass is 10.2. The molecule has 0 N–H and O–H groups in total. The van der Waals surface area contributed by atoms with Gasteiger partial charge < -0.3 is 14.5 Å². The van der Waals surface area contributed by atoms with Crippen molar-refractivity contribution in [1.29, 1.82) is 0 Å². The molecule has 1 saturated carbocycles. The van der Waals surface area contributed by atoms with E-state index in [0.717, 1.165) is 43.7 Å². The van der Waals surface area contributed by atoms with Gasteiger partial charge in [-0.25, -0.2) is 0 Å². The molecule has 2 aliphatic rings. The molecule has 25 heavy (non-hydrogen) atoms. The molecule has 1 aromatic carbocycles. The predicted octanol–water partition coefficient (Wildman–Crippen LogP) is 2.62. The van der Waals surface area contributed by atoms with Gasteiger partial charge in [-0.05, 0) is 44.2 Å². The van der Waals surface area contributed by atoms with E-state index in [-0.39, 0.29) is 11.8 Å². The summed E-state index contributed by atoms with van der Waals surface area (Å²) < 4.78 is 5.76. The quantitative estimate of drug-likeness (QED) is 0.746. The number of nitrogens with zero attached hydrogens (tertiary/aromatic N) is 2. The van der Waals surface area contributed by atoms with Gasteiger partial charge in [-0.2, -0.15) is 0 Å². The number of para-hydroxylation sites is 1. The average Bonchev–Trinajstić information content (AvgIpc) is 3.45. The highest BCUT2D eigenvalue weighted by Crippen LogP contribution is 2.31. The van der Waals surface area contributed by atoms with Crippen LogP contribution < -0.4 is 4.74 Å². The number of carbonyl (C=O) groups excluding carboxylic acids is 2. The zero-order valence-corrected chi connectivity index (χ0v) is 15.1. The zero-order valence-electron chi connectivity index (χ0n) is 15.1. The highest BCUT2D eigenvalue weighted by atomic mass is 16.5. The van der Waals surface area contributed by atoms with Crippen LogP contribution in [0.2, 0.25) is 0 Å². The molecule has 2 fully saturated rings. The molecule has 1 aromatic rings. The van der Waals surface area contributed by atoms with Crippen molar-refractivity contribution in [2.24, 2.45) is 5.92 Å². The summed E-state index contributed by atoms with van der Waals surface area (Å²) in [6, 6.07) is 7.92. The van der Waals surface area contributed by atoms with E-state index >= 15 is 0 Å². The highest BCUT2D eigenvalue weighted by molar-refractivity contribution is 5.81. The van der Waals surface area contributed by atoms with Gasteiger partial charge in [0.1, 0.15) is 5.75 Å². The summed E-state index contributed by atoms with van der Waals surface area (Å²) in [5, 5.41) is 0. The maximum atomic E-state index is 12.4. The van der Waals surface area contributed by atoms with Crippen molar-refractivity contribution in [3.8, 4) is 5.75 Å². The summed E-state index contributed by atoms with van der Waals surface area (Å²) in [5.41, 5.74) is 1.11. The predicted molar refractivity (Wildman–Crippen MR) is 96.4 cm³/mol. The van der Waals surface area contributed by atoms with Crippen LogP contribution in [0.3, 0.4) is 0 Å². The number of ether oxygens (including phenoxy) is 1. The number of hydrogen-bond donors (Lipinski definition) is 0. The van der Waals surface area contributed by atoms with E-state index in [1.54, 1.807) is 0 Å². The molecule has 0 aromatic heterocycles. The van der Waals surface area contributed by atoms with Crippen LogP contribution in [0.5, 0.6) is 5.75 Å². The van der Waals surface area contributed by atoms with Crippen molar-refractivity contribution in [3.05, 3.63) is 29.8 Å². The molecule has 1 aliphatic carbocycles. The molecular formula is C20H28N2O3. The van der Waals surface area contributed by atoms with Crippen molar-refractivity contribution in [2.45, 2.75) is 39.0 Å². The maximum Gasteiger partial charge on any atom is 0.225 e. The average molecular weight is 344 g/mol. The first-order valence-electron chi connectivity index (χ1n) is 9.40. The smallest absolute Gasteiger partial charge is 0.225 e. The monoisotopic (exact) mass is 344 g/mol. The number of rotatable bonds is 6. The standard InChI is InChI=1S/C20H28N2O3/c1-16-6-2-3-7-18(16)25-15-4-8-19(23)21-11-5-12-22(14-13-21)20(24)17-9-10-17/h2-3,6-7,17H,4-5,8-15H2,1H3. The molecule has 0 spiro atoms. The van der Waals surface area contributed by atoms with Crippen LogP contribution in [0.25, 0.3) is 0 Å². The Morgan fingerprint density at radius 2 is 1.80 bits per heavy atom. The Hall–Kier alpha value is -2.04. The van der Waals surface area contributed by atoms with E-state index in [0.29, 0.717) is 38.4 Å². The molecule has 5 nitrogen and oxygen atoms in total. The second kappa shape index (κ2) is 8.37. The Morgan fingerprint density at radius 1 is 1.08 bits per heavy atom. The van der Waals surface area contributed by atoms with Gasteiger partial charge in [0.15, 0.2) is 0 Å². The summed E-state index contributed by atoms with van der Waals surface area (Å²) in [6.07, 6.45) is 4.18. The van der Waals surface area contributed by atoms with Gasteiger partial charge >= 0.3 is 0 Å². The molecule has 0 unspecified atom stereocenters. The molecule has 136 valence electrons. The topological polar surface area (TPSA) is 49.9 Å². The van der Waals surface area contributed by atoms with Gasteiger partial charge in [-0.3, -0.25) is 9.59 Å². The number of amides is 2. The van der Waals surface area contributed by atoms with Crippen molar-refractivity contribution in [2.75, 3.05) is 32.8 Å². The van der Waals surface area contributed by atoms with Crippen LogP contribution in [0.15, 0.2) is 24.3 Å². The van der Waals surface area contributed by atoms with Gasteiger partial charge in [0.05, 0.1) is 6.61 Å². The molecule has 0 atom stereocenters. The highest BCUT2D eigenvalue weighted by Gasteiger charge is 2.34. The Labute approximate surface area is 149 Å². The summed E-state index contributed by atoms with van der Waals surface area (Å²) in [5.74, 6) is 1.62. The van der Waals surface area contributed by atoms with Crippen LogP contribution in [0.4, 0.5) is 0 Å². The van der Waals surface area contributed by atoms with Gasteiger partial charge in [0.2, 0.25) is 11.8 Å². The largest absolute Gasteiger partial charge is 0.493 e. The van der Waals surface area contributed by atoms with Gasteiger partial charge in [0.25, 0.3) is 0 Å². The molecule has 1 saturated heterocycles. The van der Waals surface area contributed by atoms with Crippen molar-refractivity contribution >= 4 is 11.8 Å². The summed E-state index contributed by atoms with van der Waals surface area (Å²) >= 11 is 0. The van der Waals surface area contributed by atoms with E-state index in [4.69, 9.17) is 4.74 Å². The first kappa shape index (κ1) is 17.8. The van der Waals surface area contributed by atoms with Crippen LogP contribution in [-0.4, -0.2) is 54.4 Å². The fraction of sp³-hybridized carbons (Fsp3) is 0.600. The van der Waals surface area contributed by atoms with E-state index in [2.05, 4.69) is 0 Å². The Kier molecular flexibility index (Phi) is 5.95. The van der Waals surface area contributed by atoms with Crippen molar-refractivity contribution in [1.82, 2.24) is 9.80 Å². The lowest BCUT2D eigenvalue weighted by Crippen LogP contribution is -2.38. The van der Waals surface area contributed by atoms with E-state index in [1.165, 1.54) is 0 Å². The fourth-order valence-electron chi connectivity index (χ4n) is 3.26. The van der Waals surface area contributed by atoms with Crippen LogP contribution >= 0.6 is 0 Å². The van der Waals surface area contributed by atoms with Gasteiger partial charge in [-0.1, -0.05) is 18.2 Å². The third kappa shape index (κ3) is 4.97. The first-order valence-corrected chi connectivity index (χ1v) is 9.40. The number of carbonyl (C=O) groups is 2. The summed E-state index contributed by atoms with van der Waals surface area (Å²) in [4.78, 5) is 28.4. The molecule has 5 heteroatoms. The van der Waals surface area contributed by atoms with Gasteiger partial charge in [-0.15, -0.1) is 0 Å². The molecule has 3 rings (SSSR count). The third-order valence-electron chi connectivity index (χ3n) is 4.97. The Morgan fingerprint density at radius 3 is 2.56 bits per heavy atom. The minimum atomic E-state index is 0.175. The van der Waals surface area contributed by atoms with Gasteiger partial charge in [0, 0.05) is 38.5 Å². The Bertz CT molecular complexity index is 613. The van der Waals surface area contributed by atoms with E-state index in [1.807, 2.05) is 41.0 Å². The molecule has 0 radical (unpaired) electrons. The molecule has 1 aliphatic heterocycles. The fourth-order valence-corrected chi connectivity index (χ4v) is 3.26. The normalized spacial score (nSPS) is 18.0. The van der Waals surface area contributed by atoms with Crippen molar-refractivity contribution in [3.63, 3.8) is 0 Å². The molecular weight excluding hydrogens is 316 g/mol. The minimum absolute atomic E-state index is 0.175. The third-order valence-corrected chi connectivity index (χ3v) is 4.97. The van der Waals surface area contributed by atoms with Crippen LogP contribution in [0.1, 0.15) is 37.7 Å². The van der Waals surface area contributed by atoms with E-state index in [9.17, 15) is 9.59 Å². The SMILES string of the molecule is Cc1ccccc1OCCCC(=O)N1CCCN(C(=O)C2CC2)CC1. The number of hydrogen-bond acceptors (Lipinski definition) is 3. The second-order valence-corrected chi connectivity index (χ2v) is 7.05. The minimum Gasteiger partial charge on any atom is -0.493 e. The lowest BCUT2D eigenvalue weighted by molar-refractivity contribution is -0.134. The van der Waals surface area contributed by atoms with E-state index < -0.39 is 0 Å². The van der Waals surface area contributed by atoms with Crippen molar-refractivity contribution < 1.29 is 14.3 Å². The van der Waals surface area contributed by atoms with Crippen LogP contribution in [-0.2, 0) is 9.59 Å². The maximum absolute atomic E-state index is 12.4. The molecule has 2 amide bonds. The molecule has 0 bridgehead atoms. The van der Waals surface area contributed by atoms with Crippen LogP contribution in [0, 0.1) is 12.8 Å².